The Hall–Kier alpha value is -5.29. The van der Waals surface area contributed by atoms with Gasteiger partial charge in [0.1, 0.15) is 11.3 Å². The van der Waals surface area contributed by atoms with Gasteiger partial charge in [-0.2, -0.15) is 0 Å². The summed E-state index contributed by atoms with van der Waals surface area (Å²) >= 11 is 0. The van der Waals surface area contributed by atoms with Gasteiger partial charge in [-0.3, -0.25) is 19.9 Å². The van der Waals surface area contributed by atoms with Gasteiger partial charge in [-0.15, -0.1) is 0 Å². The average molecular weight is 636 g/mol. The predicted molar refractivity (Wildman–Crippen MR) is 179 cm³/mol. The number of rotatable bonds is 10. The summed E-state index contributed by atoms with van der Waals surface area (Å²) in [6.07, 6.45) is 9.83. The molecule has 11 nitrogen and oxygen atoms in total. The minimum atomic E-state index is -0.591. The first-order chi connectivity index (χ1) is 22.8. The summed E-state index contributed by atoms with van der Waals surface area (Å²) in [6, 6.07) is 13.2. The monoisotopic (exact) mass is 635 g/mol. The first kappa shape index (κ1) is 31.7. The van der Waals surface area contributed by atoms with E-state index in [-0.39, 0.29) is 16.9 Å². The molecule has 0 spiro atoms. The molecule has 1 aliphatic rings. The van der Waals surface area contributed by atoms with E-state index in [0.29, 0.717) is 71.1 Å². The van der Waals surface area contributed by atoms with Crippen LogP contribution in [0.15, 0.2) is 78.2 Å². The number of fused-ring (bicyclic) bond motifs is 1. The highest BCUT2D eigenvalue weighted by Gasteiger charge is 2.20. The van der Waals surface area contributed by atoms with Gasteiger partial charge in [-0.1, -0.05) is 38.1 Å². The van der Waals surface area contributed by atoms with Crippen molar-refractivity contribution in [1.29, 1.82) is 0 Å². The van der Waals surface area contributed by atoms with Gasteiger partial charge in [0.15, 0.2) is 17.2 Å². The zero-order chi connectivity index (χ0) is 32.9. The standard InChI is InChI=1S/C36H37N5O6/c1-22(2)24-5-7-25(8-6-24)28-20-41(19-23-10-13-46-14-11-23)21-29(34(28)42)35(43)40-36-38-17-26(18-39-36)47-31-9-12-37-30-16-33(45-4)32(44-3)15-27(30)31/h5-9,12,15-18,20-23H,10-11,13-14,19H2,1-4H3,(H,38,39,40,43). The Morgan fingerprint density at radius 2 is 1.66 bits per heavy atom. The van der Waals surface area contributed by atoms with Crippen molar-refractivity contribution >= 4 is 22.8 Å². The van der Waals surface area contributed by atoms with Gasteiger partial charge >= 0.3 is 0 Å². The summed E-state index contributed by atoms with van der Waals surface area (Å²) in [5.41, 5.74) is 2.70. The minimum absolute atomic E-state index is 0.0130. The number of amides is 1. The van der Waals surface area contributed by atoms with Gasteiger partial charge in [-0.25, -0.2) is 9.97 Å². The molecule has 1 amide bonds. The van der Waals surface area contributed by atoms with Gasteiger partial charge in [0.05, 0.1) is 32.1 Å². The van der Waals surface area contributed by atoms with Gasteiger partial charge < -0.3 is 23.5 Å². The number of nitrogens with zero attached hydrogens (tertiary/aromatic N) is 4. The molecule has 4 heterocycles. The van der Waals surface area contributed by atoms with E-state index in [1.54, 1.807) is 44.8 Å². The molecule has 0 bridgehead atoms. The number of hydrogen-bond acceptors (Lipinski definition) is 9. The van der Waals surface area contributed by atoms with Gasteiger partial charge in [0.25, 0.3) is 5.91 Å². The topological polar surface area (TPSA) is 127 Å². The first-order valence-electron chi connectivity index (χ1n) is 15.6. The van der Waals surface area contributed by atoms with Crippen LogP contribution in [0.1, 0.15) is 48.5 Å². The fourth-order valence-corrected chi connectivity index (χ4v) is 5.64. The second kappa shape index (κ2) is 14.0. The third-order valence-electron chi connectivity index (χ3n) is 8.31. The van der Waals surface area contributed by atoms with Crippen molar-refractivity contribution in [2.45, 2.75) is 39.2 Å². The molecule has 0 radical (unpaired) electrons. The summed E-state index contributed by atoms with van der Waals surface area (Å²) < 4.78 is 24.4. The zero-order valence-corrected chi connectivity index (χ0v) is 26.9. The van der Waals surface area contributed by atoms with E-state index in [1.165, 1.54) is 18.0 Å². The van der Waals surface area contributed by atoms with E-state index < -0.39 is 5.91 Å². The first-order valence-corrected chi connectivity index (χ1v) is 15.6. The number of pyridine rings is 2. The van der Waals surface area contributed by atoms with Crippen molar-refractivity contribution in [1.82, 2.24) is 19.5 Å². The molecule has 47 heavy (non-hydrogen) atoms. The van der Waals surface area contributed by atoms with Crippen LogP contribution in [0.25, 0.3) is 22.0 Å². The van der Waals surface area contributed by atoms with Crippen LogP contribution in [0, 0.1) is 5.92 Å². The molecule has 2 aromatic carbocycles. The smallest absolute Gasteiger partial charge is 0.263 e. The number of methoxy groups -OCH3 is 2. The largest absolute Gasteiger partial charge is 0.493 e. The fourth-order valence-electron chi connectivity index (χ4n) is 5.64. The molecule has 11 heteroatoms. The molecule has 0 saturated carbocycles. The van der Waals surface area contributed by atoms with E-state index in [2.05, 4.69) is 34.1 Å². The van der Waals surface area contributed by atoms with Crippen LogP contribution in [0.2, 0.25) is 0 Å². The lowest BCUT2D eigenvalue weighted by molar-refractivity contribution is 0.0612. The Kier molecular flexibility index (Phi) is 9.44. The summed E-state index contributed by atoms with van der Waals surface area (Å²) in [5, 5.41) is 3.40. The van der Waals surface area contributed by atoms with Crippen molar-refractivity contribution in [2.75, 3.05) is 32.8 Å². The lowest BCUT2D eigenvalue weighted by Gasteiger charge is -2.23. The Bertz CT molecular complexity index is 1930. The number of carbonyl (C=O) groups excluding carboxylic acids is 1. The van der Waals surface area contributed by atoms with Crippen LogP contribution in [0.3, 0.4) is 0 Å². The molecule has 1 aliphatic heterocycles. The van der Waals surface area contributed by atoms with Crippen LogP contribution in [-0.2, 0) is 11.3 Å². The highest BCUT2D eigenvalue weighted by Crippen LogP contribution is 2.36. The molecule has 0 atom stereocenters. The maximum Gasteiger partial charge on any atom is 0.263 e. The third kappa shape index (κ3) is 7.10. The second-order valence-corrected chi connectivity index (χ2v) is 11.8. The minimum Gasteiger partial charge on any atom is -0.493 e. The van der Waals surface area contributed by atoms with Crippen molar-refractivity contribution in [3.05, 3.63) is 94.8 Å². The lowest BCUT2D eigenvalue weighted by Crippen LogP contribution is -2.27. The molecular formula is C36H37N5O6. The Labute approximate surface area is 272 Å². The van der Waals surface area contributed by atoms with E-state index in [4.69, 9.17) is 18.9 Å². The summed E-state index contributed by atoms with van der Waals surface area (Å²) in [7, 11) is 3.12. The molecule has 5 aromatic rings. The van der Waals surface area contributed by atoms with Crippen molar-refractivity contribution in [2.24, 2.45) is 5.92 Å². The van der Waals surface area contributed by atoms with Crippen molar-refractivity contribution in [3.8, 4) is 34.1 Å². The Morgan fingerprint density at radius 1 is 0.957 bits per heavy atom. The molecule has 0 unspecified atom stereocenters. The molecule has 1 fully saturated rings. The van der Waals surface area contributed by atoms with E-state index >= 15 is 0 Å². The highest BCUT2D eigenvalue weighted by molar-refractivity contribution is 6.03. The van der Waals surface area contributed by atoms with Gasteiger partial charge in [-0.05, 0) is 47.9 Å². The average Bonchev–Trinajstić information content (AvgIpc) is 3.09. The third-order valence-corrected chi connectivity index (χ3v) is 8.31. The van der Waals surface area contributed by atoms with Gasteiger partial charge in [0.2, 0.25) is 11.4 Å². The van der Waals surface area contributed by atoms with Gasteiger partial charge in [0, 0.05) is 55.4 Å². The SMILES string of the molecule is COc1cc2nccc(Oc3cnc(NC(=O)c4cn(CC5CCOCC5)cc(-c5ccc(C(C)C)cc5)c4=O)nc3)c2cc1OC. The molecule has 1 saturated heterocycles. The van der Waals surface area contributed by atoms with Crippen LogP contribution < -0.4 is 25.0 Å². The number of anilines is 1. The van der Waals surface area contributed by atoms with Crippen molar-refractivity contribution in [3.63, 3.8) is 0 Å². The van der Waals surface area contributed by atoms with Crippen LogP contribution in [0.4, 0.5) is 5.95 Å². The number of carbonyl (C=O) groups is 1. The summed E-state index contributed by atoms with van der Waals surface area (Å²) in [4.78, 5) is 40.3. The number of ether oxygens (including phenoxy) is 4. The van der Waals surface area contributed by atoms with Crippen LogP contribution >= 0.6 is 0 Å². The predicted octanol–water partition coefficient (Wildman–Crippen LogP) is 6.47. The van der Waals surface area contributed by atoms with E-state index in [1.807, 2.05) is 35.0 Å². The summed E-state index contributed by atoms with van der Waals surface area (Å²) in [6.45, 7) is 6.33. The fraction of sp³-hybridized carbons (Fsp3) is 0.306. The quantitative estimate of drug-likeness (QED) is 0.184. The Morgan fingerprint density at radius 3 is 2.34 bits per heavy atom. The van der Waals surface area contributed by atoms with E-state index in [9.17, 15) is 9.59 Å². The zero-order valence-electron chi connectivity index (χ0n) is 26.9. The molecule has 6 rings (SSSR count). The Balaban J connectivity index is 1.25. The molecule has 1 N–H and O–H groups in total. The second-order valence-electron chi connectivity index (χ2n) is 11.8. The maximum absolute atomic E-state index is 13.7. The number of hydrogen-bond donors (Lipinski definition) is 1. The normalized spacial score (nSPS) is 13.5. The lowest BCUT2D eigenvalue weighted by atomic mass is 9.97. The van der Waals surface area contributed by atoms with Crippen molar-refractivity contribution < 1.29 is 23.7 Å². The number of aromatic nitrogens is 4. The van der Waals surface area contributed by atoms with E-state index in [0.717, 1.165) is 18.4 Å². The summed E-state index contributed by atoms with van der Waals surface area (Å²) in [5.74, 6) is 2.14. The van der Waals surface area contributed by atoms with Crippen LogP contribution in [0.5, 0.6) is 23.0 Å². The maximum atomic E-state index is 13.7. The van der Waals surface area contributed by atoms with Crippen LogP contribution in [-0.4, -0.2) is 52.9 Å². The highest BCUT2D eigenvalue weighted by atomic mass is 16.5. The molecule has 0 aliphatic carbocycles. The molecule has 242 valence electrons. The number of nitrogens with one attached hydrogen (secondary N) is 1. The number of benzene rings is 2. The molecular weight excluding hydrogens is 598 g/mol. The molecule has 3 aromatic heterocycles.